The predicted octanol–water partition coefficient (Wildman–Crippen LogP) is 4.82. The van der Waals surface area contributed by atoms with Gasteiger partial charge in [-0.05, 0) is 54.3 Å². The van der Waals surface area contributed by atoms with Crippen molar-refractivity contribution in [3.05, 3.63) is 72.0 Å². The number of furan rings is 1. The van der Waals surface area contributed by atoms with E-state index in [1.54, 1.807) is 0 Å². The second-order valence-corrected chi connectivity index (χ2v) is 6.51. The second kappa shape index (κ2) is 6.96. The van der Waals surface area contributed by atoms with Crippen molar-refractivity contribution in [1.29, 1.82) is 5.26 Å². The molecule has 0 amide bonds. The van der Waals surface area contributed by atoms with Gasteiger partial charge in [0.1, 0.15) is 11.3 Å². The van der Waals surface area contributed by atoms with Gasteiger partial charge in [-0.3, -0.25) is 0 Å². The molecule has 1 aromatic heterocycles. The summed E-state index contributed by atoms with van der Waals surface area (Å²) in [6, 6.07) is 18.8. The molecule has 1 unspecified atom stereocenters. The van der Waals surface area contributed by atoms with Crippen LogP contribution in [0.2, 0.25) is 0 Å². The first kappa shape index (κ1) is 15.7. The van der Waals surface area contributed by atoms with Crippen molar-refractivity contribution in [3.63, 3.8) is 0 Å². The van der Waals surface area contributed by atoms with E-state index in [9.17, 15) is 0 Å². The smallest absolute Gasteiger partial charge is 0.134 e. The minimum Gasteiger partial charge on any atom is -0.461 e. The Morgan fingerprint density at radius 1 is 1.04 bits per heavy atom. The van der Waals surface area contributed by atoms with E-state index in [2.05, 4.69) is 41.7 Å². The van der Waals surface area contributed by atoms with Gasteiger partial charge in [-0.15, -0.1) is 0 Å². The zero-order valence-corrected chi connectivity index (χ0v) is 14.0. The van der Waals surface area contributed by atoms with E-state index in [-0.39, 0.29) is 0 Å². The van der Waals surface area contributed by atoms with Crippen molar-refractivity contribution >= 4 is 11.0 Å². The zero-order chi connectivity index (χ0) is 17.1. The van der Waals surface area contributed by atoms with Gasteiger partial charge in [-0.1, -0.05) is 30.4 Å². The third-order valence-corrected chi connectivity index (χ3v) is 4.77. The Hall–Kier alpha value is -2.83. The molecule has 0 fully saturated rings. The Bertz CT molecular complexity index is 944. The van der Waals surface area contributed by atoms with E-state index in [1.807, 2.05) is 30.3 Å². The molecular formula is C22H20N2O. The lowest BCUT2D eigenvalue weighted by atomic mass is 10.0. The van der Waals surface area contributed by atoms with Gasteiger partial charge in [-0.25, -0.2) is 0 Å². The summed E-state index contributed by atoms with van der Waals surface area (Å²) in [5, 5.41) is 13.6. The van der Waals surface area contributed by atoms with E-state index < -0.39 is 0 Å². The molecule has 4 rings (SSSR count). The van der Waals surface area contributed by atoms with Crippen LogP contribution in [-0.2, 0) is 6.42 Å². The van der Waals surface area contributed by atoms with Gasteiger partial charge in [0.2, 0.25) is 0 Å². The average Bonchev–Trinajstić information content (AvgIpc) is 3.09. The summed E-state index contributed by atoms with van der Waals surface area (Å²) in [6.45, 7) is 0.971. The number of nitrogens with zero attached hydrogens (tertiary/aromatic N) is 1. The summed E-state index contributed by atoms with van der Waals surface area (Å²) < 4.78 is 6.00. The van der Waals surface area contributed by atoms with Crippen LogP contribution in [0.5, 0.6) is 0 Å². The maximum Gasteiger partial charge on any atom is 0.134 e. The number of rotatable bonds is 4. The molecule has 3 heteroatoms. The highest BCUT2D eigenvalue weighted by Gasteiger charge is 2.11. The number of nitriles is 1. The van der Waals surface area contributed by atoms with Crippen LogP contribution >= 0.6 is 0 Å². The van der Waals surface area contributed by atoms with E-state index in [1.165, 1.54) is 0 Å². The number of nitrogens with one attached hydrogen (secondary N) is 1. The quantitative estimate of drug-likeness (QED) is 0.698. The standard InChI is InChI=1S/C22H20N2O/c23-15-16-4-6-17(7-5-16)18-8-11-22-19(13-18)14-21(25-22)10-9-20-3-1-2-12-24-20/h1-2,4-8,11,13-14,20,24H,3,9-10,12H2. The first-order valence-corrected chi connectivity index (χ1v) is 8.73. The Morgan fingerprint density at radius 3 is 2.64 bits per heavy atom. The van der Waals surface area contributed by atoms with Crippen LogP contribution < -0.4 is 5.32 Å². The largest absolute Gasteiger partial charge is 0.461 e. The highest BCUT2D eigenvalue weighted by atomic mass is 16.3. The van der Waals surface area contributed by atoms with Crippen LogP contribution in [0.15, 0.2) is 65.1 Å². The second-order valence-electron chi connectivity index (χ2n) is 6.51. The van der Waals surface area contributed by atoms with Gasteiger partial charge in [-0.2, -0.15) is 5.26 Å². The third kappa shape index (κ3) is 3.50. The van der Waals surface area contributed by atoms with Crippen molar-refractivity contribution in [3.8, 4) is 17.2 Å². The fourth-order valence-corrected chi connectivity index (χ4v) is 3.34. The minimum atomic E-state index is 0.549. The van der Waals surface area contributed by atoms with Crippen molar-refractivity contribution in [1.82, 2.24) is 5.32 Å². The molecule has 1 aliphatic rings. The highest BCUT2D eigenvalue weighted by molar-refractivity contribution is 5.84. The van der Waals surface area contributed by atoms with E-state index >= 15 is 0 Å². The van der Waals surface area contributed by atoms with Crippen molar-refractivity contribution in [2.75, 3.05) is 6.54 Å². The first-order chi connectivity index (χ1) is 12.3. The van der Waals surface area contributed by atoms with Crippen molar-refractivity contribution < 1.29 is 4.42 Å². The lowest BCUT2D eigenvalue weighted by Gasteiger charge is -2.18. The molecule has 3 aromatic rings. The third-order valence-electron chi connectivity index (χ3n) is 4.77. The Balaban J connectivity index is 1.52. The van der Waals surface area contributed by atoms with Gasteiger partial charge < -0.3 is 9.73 Å². The van der Waals surface area contributed by atoms with Crippen LogP contribution in [-0.4, -0.2) is 12.6 Å². The van der Waals surface area contributed by atoms with Gasteiger partial charge in [0.15, 0.2) is 0 Å². The summed E-state index contributed by atoms with van der Waals surface area (Å²) in [6.07, 6.45) is 7.58. The monoisotopic (exact) mass is 328 g/mol. The molecule has 0 saturated carbocycles. The van der Waals surface area contributed by atoms with Crippen LogP contribution in [0.25, 0.3) is 22.1 Å². The molecule has 0 radical (unpaired) electrons. The van der Waals surface area contributed by atoms with Crippen LogP contribution in [0.4, 0.5) is 0 Å². The number of aryl methyl sites for hydroxylation is 1. The van der Waals surface area contributed by atoms with E-state index in [0.717, 1.165) is 53.7 Å². The molecule has 25 heavy (non-hydrogen) atoms. The number of hydrogen-bond donors (Lipinski definition) is 1. The topological polar surface area (TPSA) is 49.0 Å². The molecule has 2 heterocycles. The Kier molecular flexibility index (Phi) is 4.37. The lowest BCUT2D eigenvalue weighted by molar-refractivity contribution is 0.461. The minimum absolute atomic E-state index is 0.549. The van der Waals surface area contributed by atoms with Gasteiger partial charge >= 0.3 is 0 Å². The summed E-state index contributed by atoms with van der Waals surface area (Å²) in [5.74, 6) is 1.04. The SMILES string of the molecule is N#Cc1ccc(-c2ccc3oc(CCC4CC=CCN4)cc3c2)cc1. The molecular weight excluding hydrogens is 308 g/mol. The predicted molar refractivity (Wildman–Crippen MR) is 100 cm³/mol. The molecule has 1 aliphatic heterocycles. The average molecular weight is 328 g/mol. The molecule has 2 aromatic carbocycles. The van der Waals surface area contributed by atoms with Crippen LogP contribution in [0.1, 0.15) is 24.2 Å². The summed E-state index contributed by atoms with van der Waals surface area (Å²) in [5.41, 5.74) is 3.87. The number of hydrogen-bond acceptors (Lipinski definition) is 3. The molecule has 0 bridgehead atoms. The summed E-state index contributed by atoms with van der Waals surface area (Å²) in [7, 11) is 0. The highest BCUT2D eigenvalue weighted by Crippen LogP contribution is 2.27. The van der Waals surface area contributed by atoms with Crippen molar-refractivity contribution in [2.45, 2.75) is 25.3 Å². The maximum atomic E-state index is 8.92. The first-order valence-electron chi connectivity index (χ1n) is 8.73. The molecule has 0 saturated heterocycles. The normalized spacial score (nSPS) is 16.8. The van der Waals surface area contributed by atoms with E-state index in [0.29, 0.717) is 11.6 Å². The summed E-state index contributed by atoms with van der Waals surface area (Å²) in [4.78, 5) is 0. The maximum absolute atomic E-state index is 8.92. The fraction of sp³-hybridized carbons (Fsp3) is 0.227. The van der Waals surface area contributed by atoms with Crippen LogP contribution in [0, 0.1) is 11.3 Å². The molecule has 3 nitrogen and oxygen atoms in total. The van der Waals surface area contributed by atoms with Gasteiger partial charge in [0.05, 0.1) is 11.6 Å². The van der Waals surface area contributed by atoms with E-state index in [4.69, 9.17) is 9.68 Å². The Morgan fingerprint density at radius 2 is 1.88 bits per heavy atom. The number of fused-ring (bicyclic) bond motifs is 1. The fourth-order valence-electron chi connectivity index (χ4n) is 3.34. The lowest BCUT2D eigenvalue weighted by Crippen LogP contribution is -2.31. The number of benzene rings is 2. The van der Waals surface area contributed by atoms with Crippen molar-refractivity contribution in [2.24, 2.45) is 0 Å². The Labute approximate surface area is 147 Å². The van der Waals surface area contributed by atoms with Crippen LogP contribution in [0.3, 0.4) is 0 Å². The molecule has 0 aliphatic carbocycles. The van der Waals surface area contributed by atoms with Gasteiger partial charge in [0, 0.05) is 24.4 Å². The molecule has 1 atom stereocenters. The van der Waals surface area contributed by atoms with Gasteiger partial charge in [0.25, 0.3) is 0 Å². The summed E-state index contributed by atoms with van der Waals surface area (Å²) >= 11 is 0. The molecule has 124 valence electrons. The molecule has 0 spiro atoms. The molecule has 1 N–H and O–H groups in total. The zero-order valence-electron chi connectivity index (χ0n) is 14.0.